The summed E-state index contributed by atoms with van der Waals surface area (Å²) in [6.45, 7) is 6.28. The van der Waals surface area contributed by atoms with E-state index in [1.54, 1.807) is 0 Å². The third kappa shape index (κ3) is 4.07. The predicted molar refractivity (Wildman–Crippen MR) is 128 cm³/mol. The average molecular weight is 427 g/mol. The van der Waals surface area contributed by atoms with Crippen LogP contribution in [0.1, 0.15) is 24.2 Å². The molecular formula is C25H26N6O. The molecular weight excluding hydrogens is 400 g/mol. The van der Waals surface area contributed by atoms with E-state index in [4.69, 9.17) is 0 Å². The van der Waals surface area contributed by atoms with E-state index in [1.165, 1.54) is 0 Å². The number of piperazine rings is 1. The Bertz CT molecular complexity index is 1220. The molecule has 1 fully saturated rings. The number of fused-ring (bicyclic) bond motifs is 1. The predicted octanol–water partition coefficient (Wildman–Crippen LogP) is 4.06. The molecule has 4 aromatic rings. The summed E-state index contributed by atoms with van der Waals surface area (Å²) in [4.78, 5) is 19.8. The topological polar surface area (TPSA) is 85.9 Å². The van der Waals surface area contributed by atoms with Gasteiger partial charge in [-0.25, -0.2) is 4.98 Å². The van der Waals surface area contributed by atoms with Gasteiger partial charge in [0.25, 0.3) is 5.91 Å². The van der Waals surface area contributed by atoms with Crippen LogP contribution in [0.5, 0.6) is 0 Å². The Morgan fingerprint density at radius 2 is 1.69 bits per heavy atom. The first-order valence-corrected chi connectivity index (χ1v) is 10.9. The standard InChI is InChI=1S/C25H26N6O/c1-16-14-31(15-17(2)26-16)20-10-8-19(9-11-20)25(32)28-24-21-12-13-22(27-23(21)29-30-24)18-6-4-3-5-7-18/h3-13,16-17,26H,14-15H2,1-2H3,(H2,27,28,29,30,32)/t16-,17+. The Morgan fingerprint density at radius 1 is 0.969 bits per heavy atom. The minimum absolute atomic E-state index is 0.195. The van der Waals surface area contributed by atoms with Crippen molar-refractivity contribution in [2.24, 2.45) is 0 Å². The van der Waals surface area contributed by atoms with Gasteiger partial charge < -0.3 is 15.5 Å². The minimum Gasteiger partial charge on any atom is -0.368 e. The summed E-state index contributed by atoms with van der Waals surface area (Å²) in [6.07, 6.45) is 0. The van der Waals surface area contributed by atoms with Gasteiger partial charge in [-0.2, -0.15) is 5.10 Å². The molecule has 162 valence electrons. The summed E-state index contributed by atoms with van der Waals surface area (Å²) in [5.74, 6) is 0.282. The van der Waals surface area contributed by atoms with Crippen LogP contribution in [0.4, 0.5) is 11.5 Å². The molecule has 2 atom stereocenters. The van der Waals surface area contributed by atoms with Gasteiger partial charge in [-0.05, 0) is 50.2 Å². The number of aromatic nitrogens is 3. The number of amides is 1. The van der Waals surface area contributed by atoms with Crippen LogP contribution in [0.3, 0.4) is 0 Å². The van der Waals surface area contributed by atoms with Crippen LogP contribution >= 0.6 is 0 Å². The first-order chi connectivity index (χ1) is 15.6. The van der Waals surface area contributed by atoms with E-state index >= 15 is 0 Å². The molecule has 5 rings (SSSR count). The molecule has 2 aromatic carbocycles. The number of nitrogens with zero attached hydrogens (tertiary/aromatic N) is 3. The number of benzene rings is 2. The largest absolute Gasteiger partial charge is 0.368 e. The van der Waals surface area contributed by atoms with Crippen LogP contribution in [0.15, 0.2) is 66.7 Å². The second kappa shape index (κ2) is 8.43. The zero-order chi connectivity index (χ0) is 22.1. The van der Waals surface area contributed by atoms with Crippen LogP contribution < -0.4 is 15.5 Å². The molecule has 3 N–H and O–H groups in total. The van der Waals surface area contributed by atoms with Crippen molar-refractivity contribution >= 4 is 28.4 Å². The third-order valence-electron chi connectivity index (χ3n) is 5.78. The maximum absolute atomic E-state index is 12.8. The van der Waals surface area contributed by atoms with E-state index < -0.39 is 0 Å². The van der Waals surface area contributed by atoms with Gasteiger partial charge in [0.15, 0.2) is 11.5 Å². The fourth-order valence-corrected chi connectivity index (χ4v) is 4.31. The molecule has 0 bridgehead atoms. The normalized spacial score (nSPS) is 18.6. The third-order valence-corrected chi connectivity index (χ3v) is 5.78. The number of carbonyl (C=O) groups is 1. The summed E-state index contributed by atoms with van der Waals surface area (Å²) >= 11 is 0. The van der Waals surface area contributed by atoms with Gasteiger partial charge in [0, 0.05) is 42.0 Å². The van der Waals surface area contributed by atoms with Crippen LogP contribution in [-0.4, -0.2) is 46.3 Å². The number of nitrogens with one attached hydrogen (secondary N) is 3. The number of hydrogen-bond acceptors (Lipinski definition) is 5. The lowest BCUT2D eigenvalue weighted by molar-refractivity contribution is 0.102. The van der Waals surface area contributed by atoms with Crippen molar-refractivity contribution in [3.63, 3.8) is 0 Å². The number of rotatable bonds is 4. The van der Waals surface area contributed by atoms with Gasteiger partial charge in [-0.15, -0.1) is 0 Å². The number of anilines is 2. The number of carbonyl (C=O) groups excluding carboxylic acids is 1. The second-order valence-electron chi connectivity index (χ2n) is 8.41. The van der Waals surface area contributed by atoms with Crippen molar-refractivity contribution in [1.82, 2.24) is 20.5 Å². The fourth-order valence-electron chi connectivity index (χ4n) is 4.31. The molecule has 7 heteroatoms. The van der Waals surface area contributed by atoms with Gasteiger partial charge in [0.05, 0.1) is 11.1 Å². The SMILES string of the molecule is C[C@@H]1CN(c2ccc(C(=O)Nc3n[nH]c4nc(-c5ccccc5)ccc34)cc2)C[C@H](C)N1. The molecule has 1 amide bonds. The quantitative estimate of drug-likeness (QED) is 0.458. The average Bonchev–Trinajstić information content (AvgIpc) is 3.21. The highest BCUT2D eigenvalue weighted by atomic mass is 16.1. The lowest BCUT2D eigenvalue weighted by Crippen LogP contribution is -2.54. The van der Waals surface area contributed by atoms with Crippen LogP contribution in [0.25, 0.3) is 22.3 Å². The van der Waals surface area contributed by atoms with E-state index in [0.717, 1.165) is 35.4 Å². The van der Waals surface area contributed by atoms with Crippen molar-refractivity contribution < 1.29 is 4.79 Å². The van der Waals surface area contributed by atoms with Gasteiger partial charge in [-0.3, -0.25) is 9.89 Å². The molecule has 7 nitrogen and oxygen atoms in total. The molecule has 3 heterocycles. The number of hydrogen-bond donors (Lipinski definition) is 3. The molecule has 32 heavy (non-hydrogen) atoms. The molecule has 0 spiro atoms. The maximum Gasteiger partial charge on any atom is 0.256 e. The molecule has 1 aliphatic heterocycles. The Balaban J connectivity index is 1.31. The van der Waals surface area contributed by atoms with Gasteiger partial charge in [0.1, 0.15) is 0 Å². The summed E-state index contributed by atoms with van der Waals surface area (Å²) in [5.41, 5.74) is 4.24. The summed E-state index contributed by atoms with van der Waals surface area (Å²) in [6, 6.07) is 22.4. The van der Waals surface area contributed by atoms with E-state index in [2.05, 4.69) is 44.6 Å². The Morgan fingerprint density at radius 3 is 2.41 bits per heavy atom. The zero-order valence-corrected chi connectivity index (χ0v) is 18.2. The Kier molecular flexibility index (Phi) is 5.33. The molecule has 0 saturated carbocycles. The molecule has 1 saturated heterocycles. The maximum atomic E-state index is 12.8. The highest BCUT2D eigenvalue weighted by molar-refractivity contribution is 6.07. The highest BCUT2D eigenvalue weighted by Gasteiger charge is 2.21. The van der Waals surface area contributed by atoms with Crippen molar-refractivity contribution in [2.75, 3.05) is 23.3 Å². The van der Waals surface area contributed by atoms with Crippen molar-refractivity contribution in [3.8, 4) is 11.3 Å². The Labute approximate surface area is 186 Å². The van der Waals surface area contributed by atoms with E-state index in [0.29, 0.717) is 29.1 Å². The van der Waals surface area contributed by atoms with Gasteiger partial charge >= 0.3 is 0 Å². The molecule has 2 aromatic heterocycles. The second-order valence-corrected chi connectivity index (χ2v) is 8.41. The van der Waals surface area contributed by atoms with Crippen molar-refractivity contribution in [3.05, 3.63) is 72.3 Å². The minimum atomic E-state index is -0.195. The van der Waals surface area contributed by atoms with E-state index in [1.807, 2.05) is 66.7 Å². The Hall–Kier alpha value is -3.71. The monoisotopic (exact) mass is 426 g/mol. The first-order valence-electron chi connectivity index (χ1n) is 10.9. The molecule has 0 aliphatic carbocycles. The lowest BCUT2D eigenvalue weighted by Gasteiger charge is -2.37. The summed E-state index contributed by atoms with van der Waals surface area (Å²) in [5, 5.41) is 14.4. The van der Waals surface area contributed by atoms with E-state index in [9.17, 15) is 4.79 Å². The van der Waals surface area contributed by atoms with Crippen LogP contribution in [0.2, 0.25) is 0 Å². The fraction of sp³-hybridized carbons (Fsp3) is 0.240. The van der Waals surface area contributed by atoms with Crippen LogP contribution in [0, 0.1) is 0 Å². The van der Waals surface area contributed by atoms with Gasteiger partial charge in [-0.1, -0.05) is 30.3 Å². The molecule has 1 aliphatic rings. The molecule has 0 unspecified atom stereocenters. The smallest absolute Gasteiger partial charge is 0.256 e. The van der Waals surface area contributed by atoms with Crippen molar-refractivity contribution in [1.29, 1.82) is 0 Å². The summed E-state index contributed by atoms with van der Waals surface area (Å²) < 4.78 is 0. The molecule has 0 radical (unpaired) electrons. The van der Waals surface area contributed by atoms with Crippen molar-refractivity contribution in [2.45, 2.75) is 25.9 Å². The first kappa shape index (κ1) is 20.2. The summed E-state index contributed by atoms with van der Waals surface area (Å²) in [7, 11) is 0. The number of H-pyrrole nitrogens is 1. The lowest BCUT2D eigenvalue weighted by atomic mass is 10.1. The van der Waals surface area contributed by atoms with E-state index in [-0.39, 0.29) is 5.91 Å². The van der Waals surface area contributed by atoms with Crippen LogP contribution in [-0.2, 0) is 0 Å². The van der Waals surface area contributed by atoms with Gasteiger partial charge in [0.2, 0.25) is 0 Å². The number of pyridine rings is 1. The number of aromatic amines is 1. The highest BCUT2D eigenvalue weighted by Crippen LogP contribution is 2.25. The zero-order valence-electron chi connectivity index (χ0n) is 18.2.